The number of benzene rings is 1. The zero-order valence-electron chi connectivity index (χ0n) is 6.96. The first kappa shape index (κ1) is 8.48. The summed E-state index contributed by atoms with van der Waals surface area (Å²) in [5, 5.41) is 15.9. The summed E-state index contributed by atoms with van der Waals surface area (Å²) in [5.74, 6) is 0. The molecule has 0 atom stereocenters. The molecule has 1 rings (SSSR count). The minimum absolute atomic E-state index is 0.587. The highest BCUT2D eigenvalue weighted by Crippen LogP contribution is 2.12. The molecular formula is C10H10N2. The van der Waals surface area contributed by atoms with Gasteiger partial charge in [0.05, 0.1) is 11.6 Å². The van der Waals surface area contributed by atoms with E-state index in [1.807, 2.05) is 19.1 Å². The Morgan fingerprint density at radius 3 is 2.83 bits per heavy atom. The predicted octanol–water partition coefficient (Wildman–Crippen LogP) is 2.12. The van der Waals surface area contributed by atoms with Crippen LogP contribution in [-0.2, 0) is 6.42 Å². The van der Waals surface area contributed by atoms with E-state index in [-0.39, 0.29) is 0 Å². The highest BCUT2D eigenvalue weighted by atomic mass is 14.3. The fourth-order valence-electron chi connectivity index (χ4n) is 1.19. The molecule has 1 N–H and O–H groups in total. The number of aryl methyl sites for hydroxylation is 1. The third-order valence-electron chi connectivity index (χ3n) is 1.84. The molecule has 0 spiro atoms. The Morgan fingerprint density at radius 2 is 2.33 bits per heavy atom. The van der Waals surface area contributed by atoms with Crippen LogP contribution in [0.3, 0.4) is 0 Å². The first-order valence-electron chi connectivity index (χ1n) is 3.86. The monoisotopic (exact) mass is 158 g/mol. The molecule has 2 nitrogen and oxygen atoms in total. The first-order valence-corrected chi connectivity index (χ1v) is 3.86. The molecule has 0 heterocycles. The second-order valence-electron chi connectivity index (χ2n) is 2.49. The van der Waals surface area contributed by atoms with Crippen LogP contribution < -0.4 is 0 Å². The van der Waals surface area contributed by atoms with Gasteiger partial charge in [-0.25, -0.2) is 0 Å². The van der Waals surface area contributed by atoms with Gasteiger partial charge in [-0.3, -0.25) is 0 Å². The molecular weight excluding hydrogens is 148 g/mol. The molecule has 1 aromatic rings. The maximum atomic E-state index is 8.72. The van der Waals surface area contributed by atoms with Crippen LogP contribution in [-0.4, -0.2) is 6.21 Å². The summed E-state index contributed by atoms with van der Waals surface area (Å²) in [6.45, 7) is 2.02. The van der Waals surface area contributed by atoms with Crippen molar-refractivity contribution >= 4 is 6.21 Å². The van der Waals surface area contributed by atoms with Gasteiger partial charge in [0.15, 0.2) is 0 Å². The molecule has 2 heteroatoms. The molecule has 0 aromatic heterocycles. The lowest BCUT2D eigenvalue weighted by molar-refractivity contribution is 1.13. The topological polar surface area (TPSA) is 47.6 Å². The van der Waals surface area contributed by atoms with Crippen LogP contribution in [0, 0.1) is 16.7 Å². The summed E-state index contributed by atoms with van der Waals surface area (Å²) >= 11 is 0. The fourth-order valence-corrected chi connectivity index (χ4v) is 1.19. The molecule has 0 saturated carbocycles. The van der Waals surface area contributed by atoms with E-state index in [0.717, 1.165) is 17.5 Å². The highest BCUT2D eigenvalue weighted by molar-refractivity contribution is 5.83. The molecule has 0 aliphatic heterocycles. The second kappa shape index (κ2) is 3.68. The molecule has 12 heavy (non-hydrogen) atoms. The van der Waals surface area contributed by atoms with Crippen LogP contribution in [0.4, 0.5) is 0 Å². The van der Waals surface area contributed by atoms with Crippen molar-refractivity contribution in [2.45, 2.75) is 13.3 Å². The van der Waals surface area contributed by atoms with Crippen LogP contribution in [0.2, 0.25) is 0 Å². The van der Waals surface area contributed by atoms with Crippen molar-refractivity contribution in [1.82, 2.24) is 0 Å². The summed E-state index contributed by atoms with van der Waals surface area (Å²) in [6, 6.07) is 7.60. The molecule has 0 aliphatic rings. The average Bonchev–Trinajstić information content (AvgIpc) is 2.16. The standard InChI is InChI=1S/C10H10N2/c1-2-8-4-3-5-9(6-11)10(8)7-12/h3-5,7,12H,2H2,1H3. The predicted molar refractivity (Wildman–Crippen MR) is 48.4 cm³/mol. The van der Waals surface area contributed by atoms with Gasteiger partial charge >= 0.3 is 0 Å². The van der Waals surface area contributed by atoms with E-state index >= 15 is 0 Å². The van der Waals surface area contributed by atoms with Crippen molar-refractivity contribution in [1.29, 1.82) is 10.7 Å². The summed E-state index contributed by atoms with van der Waals surface area (Å²) in [5.41, 5.74) is 2.40. The van der Waals surface area contributed by atoms with Crippen molar-refractivity contribution in [3.63, 3.8) is 0 Å². The molecule has 1 aromatic carbocycles. The lowest BCUT2D eigenvalue weighted by atomic mass is 10.0. The normalized spacial score (nSPS) is 9.00. The van der Waals surface area contributed by atoms with Gasteiger partial charge in [-0.05, 0) is 18.1 Å². The lowest BCUT2D eigenvalue weighted by Crippen LogP contribution is -1.94. The lowest BCUT2D eigenvalue weighted by Gasteiger charge is -2.02. The smallest absolute Gasteiger partial charge is 0.0998 e. The minimum atomic E-state index is 0.587. The van der Waals surface area contributed by atoms with Crippen LogP contribution >= 0.6 is 0 Å². The summed E-state index contributed by atoms with van der Waals surface area (Å²) in [6.07, 6.45) is 2.11. The SMILES string of the molecule is CCc1cccc(C#N)c1C=N. The minimum Gasteiger partial charge on any atom is -0.308 e. The average molecular weight is 158 g/mol. The van der Waals surface area contributed by atoms with Gasteiger partial charge in [-0.2, -0.15) is 5.26 Å². The van der Waals surface area contributed by atoms with Crippen molar-refractivity contribution in [2.75, 3.05) is 0 Å². The van der Waals surface area contributed by atoms with Crippen molar-refractivity contribution in [2.24, 2.45) is 0 Å². The van der Waals surface area contributed by atoms with Gasteiger partial charge in [0.25, 0.3) is 0 Å². The fraction of sp³-hybridized carbons (Fsp3) is 0.200. The van der Waals surface area contributed by atoms with Crippen molar-refractivity contribution in [3.8, 4) is 6.07 Å². The summed E-state index contributed by atoms with van der Waals surface area (Å²) < 4.78 is 0. The number of nitriles is 1. The second-order valence-corrected chi connectivity index (χ2v) is 2.49. The van der Waals surface area contributed by atoms with Crippen LogP contribution in [0.15, 0.2) is 18.2 Å². The van der Waals surface area contributed by atoms with E-state index in [2.05, 4.69) is 6.07 Å². The van der Waals surface area contributed by atoms with Gasteiger partial charge in [0.1, 0.15) is 0 Å². The maximum absolute atomic E-state index is 8.72. The van der Waals surface area contributed by atoms with Crippen LogP contribution in [0.5, 0.6) is 0 Å². The first-order chi connectivity index (χ1) is 5.83. The molecule has 0 unspecified atom stereocenters. The van der Waals surface area contributed by atoms with Crippen molar-refractivity contribution < 1.29 is 0 Å². The molecule has 0 saturated heterocycles. The molecule has 60 valence electrons. The summed E-state index contributed by atoms with van der Waals surface area (Å²) in [4.78, 5) is 0. The van der Waals surface area contributed by atoms with Gasteiger partial charge in [-0.1, -0.05) is 19.1 Å². The molecule has 0 fully saturated rings. The van der Waals surface area contributed by atoms with Gasteiger partial charge in [-0.15, -0.1) is 0 Å². The Kier molecular flexibility index (Phi) is 2.60. The van der Waals surface area contributed by atoms with Crippen molar-refractivity contribution in [3.05, 3.63) is 34.9 Å². The van der Waals surface area contributed by atoms with E-state index < -0.39 is 0 Å². The highest BCUT2D eigenvalue weighted by Gasteiger charge is 2.02. The van der Waals surface area contributed by atoms with E-state index in [1.54, 1.807) is 6.07 Å². The Hall–Kier alpha value is -1.62. The quantitative estimate of drug-likeness (QED) is 0.658. The Bertz CT molecular complexity index is 334. The van der Waals surface area contributed by atoms with E-state index in [9.17, 15) is 0 Å². The summed E-state index contributed by atoms with van der Waals surface area (Å²) in [7, 11) is 0. The largest absolute Gasteiger partial charge is 0.308 e. The van der Waals surface area contributed by atoms with Gasteiger partial charge in [0.2, 0.25) is 0 Å². The van der Waals surface area contributed by atoms with E-state index in [4.69, 9.17) is 10.7 Å². The third-order valence-corrected chi connectivity index (χ3v) is 1.84. The number of nitrogens with one attached hydrogen (secondary N) is 1. The number of nitrogens with zero attached hydrogens (tertiary/aromatic N) is 1. The Labute approximate surface area is 72.0 Å². The molecule has 0 amide bonds. The third kappa shape index (κ3) is 1.35. The Morgan fingerprint density at radius 1 is 1.58 bits per heavy atom. The van der Waals surface area contributed by atoms with Crippen LogP contribution in [0.1, 0.15) is 23.6 Å². The number of hydrogen-bond donors (Lipinski definition) is 1. The molecule has 0 radical (unpaired) electrons. The number of hydrogen-bond acceptors (Lipinski definition) is 2. The molecule has 0 aliphatic carbocycles. The number of rotatable bonds is 2. The zero-order chi connectivity index (χ0) is 8.97. The Balaban J connectivity index is 3.34. The maximum Gasteiger partial charge on any atom is 0.0998 e. The van der Waals surface area contributed by atoms with E-state index in [1.165, 1.54) is 6.21 Å². The van der Waals surface area contributed by atoms with Gasteiger partial charge in [0, 0.05) is 11.8 Å². The van der Waals surface area contributed by atoms with E-state index in [0.29, 0.717) is 5.56 Å². The zero-order valence-corrected chi connectivity index (χ0v) is 6.96. The molecule has 0 bridgehead atoms. The van der Waals surface area contributed by atoms with Crippen LogP contribution in [0.25, 0.3) is 0 Å². The van der Waals surface area contributed by atoms with Gasteiger partial charge < -0.3 is 5.41 Å².